The van der Waals surface area contributed by atoms with E-state index in [4.69, 9.17) is 4.42 Å². The molecule has 0 saturated heterocycles. The van der Waals surface area contributed by atoms with Crippen LogP contribution in [0.25, 0.3) is 0 Å². The zero-order valence-corrected chi connectivity index (χ0v) is 14.1. The molecule has 104 valence electrons. The van der Waals surface area contributed by atoms with Crippen LogP contribution in [0.4, 0.5) is 0 Å². The molecule has 0 spiro atoms. The van der Waals surface area contributed by atoms with Gasteiger partial charge < -0.3 is 9.52 Å². The van der Waals surface area contributed by atoms with E-state index in [2.05, 4.69) is 26.5 Å². The fourth-order valence-electron chi connectivity index (χ4n) is 1.53. The number of amides is 1. The Labute approximate surface area is 137 Å². The second-order valence-electron chi connectivity index (χ2n) is 3.92. The van der Waals surface area contributed by atoms with Gasteiger partial charge in [0, 0.05) is 10.0 Å². The highest BCUT2D eigenvalue weighted by atomic mass is 127. The molecule has 1 aromatic carbocycles. The summed E-state index contributed by atoms with van der Waals surface area (Å²) in [5.74, 6) is 0.278. The van der Waals surface area contributed by atoms with Crippen molar-refractivity contribution >= 4 is 50.6 Å². The molecule has 1 amide bonds. The van der Waals surface area contributed by atoms with Gasteiger partial charge in [-0.2, -0.15) is 5.10 Å². The van der Waals surface area contributed by atoms with E-state index in [-0.39, 0.29) is 11.7 Å². The van der Waals surface area contributed by atoms with Crippen LogP contribution in [0.1, 0.15) is 21.7 Å². The van der Waals surface area contributed by atoms with Crippen LogP contribution in [0.15, 0.2) is 38.5 Å². The number of carbonyl (C=O) groups excluding carboxylic acids is 1. The highest BCUT2D eigenvalue weighted by Crippen LogP contribution is 2.27. The average molecular weight is 449 g/mol. The summed E-state index contributed by atoms with van der Waals surface area (Å²) in [5.41, 5.74) is 3.32. The number of hydrogen-bond acceptors (Lipinski definition) is 4. The predicted molar refractivity (Wildman–Crippen MR) is 87.0 cm³/mol. The van der Waals surface area contributed by atoms with E-state index in [1.54, 1.807) is 25.1 Å². The first-order valence-corrected chi connectivity index (χ1v) is 7.41. The Morgan fingerprint density at radius 2 is 2.30 bits per heavy atom. The van der Waals surface area contributed by atoms with E-state index in [1.807, 2.05) is 22.6 Å². The largest absolute Gasteiger partial charge is 0.506 e. The molecule has 0 saturated carbocycles. The summed E-state index contributed by atoms with van der Waals surface area (Å²) in [4.78, 5) is 11.8. The Morgan fingerprint density at radius 1 is 1.55 bits per heavy atom. The lowest BCUT2D eigenvalue weighted by Crippen LogP contribution is -2.17. The number of nitrogens with one attached hydrogen (secondary N) is 1. The van der Waals surface area contributed by atoms with Crippen molar-refractivity contribution in [2.24, 2.45) is 5.10 Å². The zero-order valence-electron chi connectivity index (χ0n) is 10.4. The smallest absolute Gasteiger partial charge is 0.274 e. The topological polar surface area (TPSA) is 74.8 Å². The Bertz CT molecular complexity index is 682. The van der Waals surface area contributed by atoms with E-state index < -0.39 is 0 Å². The number of aromatic hydroxyl groups is 1. The second-order valence-corrected chi connectivity index (χ2v) is 5.99. The highest BCUT2D eigenvalue weighted by Gasteiger charge is 2.10. The number of furan rings is 1. The van der Waals surface area contributed by atoms with Crippen LogP contribution < -0.4 is 5.43 Å². The van der Waals surface area contributed by atoms with Gasteiger partial charge in [0.2, 0.25) is 0 Å². The second kappa shape index (κ2) is 6.40. The van der Waals surface area contributed by atoms with Gasteiger partial charge in [0.05, 0.1) is 21.6 Å². The monoisotopic (exact) mass is 448 g/mol. The van der Waals surface area contributed by atoms with Crippen molar-refractivity contribution in [3.8, 4) is 5.75 Å². The van der Waals surface area contributed by atoms with Crippen LogP contribution in [0, 0.1) is 10.5 Å². The molecule has 2 N–H and O–H groups in total. The summed E-state index contributed by atoms with van der Waals surface area (Å²) in [6, 6.07) is 5.05. The van der Waals surface area contributed by atoms with Crippen LogP contribution in [-0.4, -0.2) is 17.2 Å². The minimum absolute atomic E-state index is 0.117. The van der Waals surface area contributed by atoms with Gasteiger partial charge in [0.1, 0.15) is 11.5 Å². The summed E-state index contributed by atoms with van der Waals surface area (Å²) in [7, 11) is 0. The number of nitrogens with zero attached hydrogens (tertiary/aromatic N) is 1. The number of phenolic OH excluding ortho intramolecular Hbond substituents is 1. The maximum Gasteiger partial charge on any atom is 0.274 e. The van der Waals surface area contributed by atoms with Crippen molar-refractivity contribution in [1.82, 2.24) is 5.43 Å². The first-order chi connectivity index (χ1) is 9.49. The third-order valence-electron chi connectivity index (χ3n) is 2.53. The molecule has 0 atom stereocenters. The third kappa shape index (κ3) is 3.40. The summed E-state index contributed by atoms with van der Waals surface area (Å²) >= 11 is 5.34. The molecule has 5 nitrogen and oxygen atoms in total. The number of halogens is 2. The molecule has 20 heavy (non-hydrogen) atoms. The van der Waals surface area contributed by atoms with Crippen molar-refractivity contribution in [3.63, 3.8) is 0 Å². The van der Waals surface area contributed by atoms with Crippen molar-refractivity contribution < 1.29 is 14.3 Å². The fourth-order valence-corrected chi connectivity index (χ4v) is 3.08. The van der Waals surface area contributed by atoms with Gasteiger partial charge in [-0.3, -0.25) is 4.79 Å². The number of phenols is 1. The fraction of sp³-hybridized carbons (Fsp3) is 0.0769. The van der Waals surface area contributed by atoms with Crippen LogP contribution in [0.3, 0.4) is 0 Å². The van der Waals surface area contributed by atoms with Gasteiger partial charge >= 0.3 is 0 Å². The quantitative estimate of drug-likeness (QED) is 0.429. The van der Waals surface area contributed by atoms with Crippen LogP contribution in [0.2, 0.25) is 0 Å². The molecule has 0 fully saturated rings. The molecular formula is C13H10BrIN2O3. The summed E-state index contributed by atoms with van der Waals surface area (Å²) in [6.45, 7) is 1.70. The van der Waals surface area contributed by atoms with Crippen molar-refractivity contribution in [3.05, 3.63) is 49.4 Å². The Kier molecular flexibility index (Phi) is 4.81. The number of rotatable bonds is 3. The van der Waals surface area contributed by atoms with Crippen molar-refractivity contribution in [1.29, 1.82) is 0 Å². The maximum absolute atomic E-state index is 11.8. The lowest BCUT2D eigenvalue weighted by molar-refractivity contribution is 0.0953. The molecule has 0 radical (unpaired) electrons. The van der Waals surface area contributed by atoms with Gasteiger partial charge in [-0.1, -0.05) is 15.9 Å². The molecule has 0 unspecified atom stereocenters. The normalized spacial score (nSPS) is 10.9. The molecule has 2 rings (SSSR count). The molecule has 1 heterocycles. The molecule has 0 bridgehead atoms. The van der Waals surface area contributed by atoms with Crippen LogP contribution in [0.5, 0.6) is 5.75 Å². The lowest BCUT2D eigenvalue weighted by atomic mass is 10.2. The summed E-state index contributed by atoms with van der Waals surface area (Å²) < 4.78 is 6.55. The van der Waals surface area contributed by atoms with Gasteiger partial charge in [-0.25, -0.2) is 5.43 Å². The number of benzene rings is 1. The molecule has 0 aliphatic rings. The van der Waals surface area contributed by atoms with Gasteiger partial charge in [-0.05, 0) is 47.7 Å². The zero-order chi connectivity index (χ0) is 14.7. The van der Waals surface area contributed by atoms with E-state index in [0.717, 1.165) is 4.47 Å². The van der Waals surface area contributed by atoms with Gasteiger partial charge in [0.25, 0.3) is 5.91 Å². The first-order valence-electron chi connectivity index (χ1n) is 5.54. The average Bonchev–Trinajstić information content (AvgIpc) is 2.81. The molecule has 7 heteroatoms. The van der Waals surface area contributed by atoms with Crippen molar-refractivity contribution in [2.75, 3.05) is 0 Å². The number of hydrazone groups is 1. The predicted octanol–water partition coefficient (Wildman–Crippen LogP) is 3.42. The first kappa shape index (κ1) is 15.0. The van der Waals surface area contributed by atoms with Crippen LogP contribution >= 0.6 is 38.5 Å². The van der Waals surface area contributed by atoms with Crippen LogP contribution in [-0.2, 0) is 0 Å². The van der Waals surface area contributed by atoms with Gasteiger partial charge in [0.15, 0.2) is 0 Å². The maximum atomic E-state index is 11.8. The molecular weight excluding hydrogens is 439 g/mol. The lowest BCUT2D eigenvalue weighted by Gasteiger charge is -2.03. The standard InChI is InChI=1S/C13H10BrIN2O3/c1-7-10(2-3-20-7)13(19)17-16-6-8-4-9(14)5-11(15)12(8)18/h2-6,18H,1H3,(H,17,19)/b16-6+. The Hall–Kier alpha value is -1.35. The number of aryl methyl sites for hydroxylation is 1. The Balaban J connectivity index is 2.11. The van der Waals surface area contributed by atoms with E-state index in [0.29, 0.717) is 20.5 Å². The van der Waals surface area contributed by atoms with E-state index >= 15 is 0 Å². The number of carbonyl (C=O) groups is 1. The van der Waals surface area contributed by atoms with E-state index in [1.165, 1.54) is 12.5 Å². The van der Waals surface area contributed by atoms with Crippen molar-refractivity contribution in [2.45, 2.75) is 6.92 Å². The number of hydrogen-bond donors (Lipinski definition) is 2. The molecule has 0 aliphatic heterocycles. The SMILES string of the molecule is Cc1occc1C(=O)N/N=C/c1cc(Br)cc(I)c1O. The Morgan fingerprint density at radius 3 is 2.95 bits per heavy atom. The minimum Gasteiger partial charge on any atom is -0.506 e. The molecule has 0 aliphatic carbocycles. The third-order valence-corrected chi connectivity index (χ3v) is 3.81. The van der Waals surface area contributed by atoms with Gasteiger partial charge in [-0.15, -0.1) is 0 Å². The highest BCUT2D eigenvalue weighted by molar-refractivity contribution is 14.1. The molecule has 1 aromatic heterocycles. The van der Waals surface area contributed by atoms with E-state index in [9.17, 15) is 9.90 Å². The summed E-state index contributed by atoms with van der Waals surface area (Å²) in [6.07, 6.45) is 2.83. The molecule has 2 aromatic rings. The minimum atomic E-state index is -0.364. The summed E-state index contributed by atoms with van der Waals surface area (Å²) in [5, 5.41) is 13.7.